The van der Waals surface area contributed by atoms with Crippen molar-refractivity contribution in [1.29, 1.82) is 0 Å². The minimum Gasteiger partial charge on any atom is -0.450 e. The molecule has 0 saturated carbocycles. The molecular weight excluding hydrogens is 362 g/mol. The van der Waals surface area contributed by atoms with Crippen LogP contribution in [0.3, 0.4) is 0 Å². The minimum absolute atomic E-state index is 0.363. The average molecular weight is 404 g/mol. The fourth-order valence-electron chi connectivity index (χ4n) is 2.94. The molecule has 0 atom stereocenters. The Morgan fingerprint density at radius 3 is 1.81 bits per heavy atom. The first-order valence-electron chi connectivity index (χ1n) is 10.5. The van der Waals surface area contributed by atoms with E-state index in [-0.39, 0.29) is 6.09 Å². The second-order valence-electron chi connectivity index (χ2n) is 6.39. The largest absolute Gasteiger partial charge is 0.500 e. The molecule has 0 aliphatic heterocycles. The Bertz CT molecular complexity index is 327. The van der Waals surface area contributed by atoms with Crippen molar-refractivity contribution in [1.82, 2.24) is 5.32 Å². The quantitative estimate of drug-likeness (QED) is 0.245. The first kappa shape index (κ1) is 26.4. The van der Waals surface area contributed by atoms with Gasteiger partial charge in [-0.25, -0.2) is 4.79 Å². The lowest BCUT2D eigenvalue weighted by atomic mass is 10.1. The van der Waals surface area contributed by atoms with Gasteiger partial charge in [0.2, 0.25) is 0 Å². The summed E-state index contributed by atoms with van der Waals surface area (Å²) in [4.78, 5) is 11.1. The molecule has 1 amide bonds. The number of carbonyl (C=O) groups is 1. The highest BCUT2D eigenvalue weighted by Crippen LogP contribution is 2.20. The van der Waals surface area contributed by atoms with Crippen LogP contribution in [0, 0.1) is 13.8 Å². The van der Waals surface area contributed by atoms with Crippen molar-refractivity contribution in [3.63, 3.8) is 0 Å². The third kappa shape index (κ3) is 15.0. The zero-order valence-electron chi connectivity index (χ0n) is 17.6. The van der Waals surface area contributed by atoms with Crippen LogP contribution < -0.4 is 5.32 Å². The van der Waals surface area contributed by atoms with Gasteiger partial charge in [0.05, 0.1) is 6.61 Å². The topological polar surface area (TPSA) is 66.0 Å². The molecule has 160 valence electrons. The lowest BCUT2D eigenvalue weighted by molar-refractivity contribution is 0.0748. The van der Waals surface area contributed by atoms with Gasteiger partial charge in [-0.1, -0.05) is 44.9 Å². The van der Waals surface area contributed by atoms with Gasteiger partial charge < -0.3 is 23.3 Å². The SMILES string of the molecule is [CH2]CNC(=O)OCCCCCCCCCCC[Si](OC[CH2])(OCC)OCC. The van der Waals surface area contributed by atoms with Crippen molar-refractivity contribution < 1.29 is 22.8 Å². The molecule has 0 fully saturated rings. The van der Waals surface area contributed by atoms with Gasteiger partial charge in [-0.05, 0) is 40.5 Å². The van der Waals surface area contributed by atoms with E-state index in [1.54, 1.807) is 0 Å². The van der Waals surface area contributed by atoms with E-state index in [0.29, 0.717) is 33.0 Å². The summed E-state index contributed by atoms with van der Waals surface area (Å²) in [5.41, 5.74) is 0. The summed E-state index contributed by atoms with van der Waals surface area (Å²) in [5.74, 6) is 0. The monoisotopic (exact) mass is 403 g/mol. The molecule has 0 aromatic heterocycles. The molecule has 1 N–H and O–H groups in total. The fourth-order valence-corrected chi connectivity index (χ4v) is 5.49. The molecule has 0 aromatic carbocycles. The normalized spacial score (nSPS) is 11.6. The van der Waals surface area contributed by atoms with Crippen molar-refractivity contribution in [3.05, 3.63) is 13.8 Å². The smallest absolute Gasteiger partial charge is 0.450 e. The van der Waals surface area contributed by atoms with Crippen LogP contribution in [0.25, 0.3) is 0 Å². The summed E-state index contributed by atoms with van der Waals surface area (Å²) >= 11 is 0. The van der Waals surface area contributed by atoms with Gasteiger partial charge in [0, 0.05) is 32.4 Å². The van der Waals surface area contributed by atoms with Crippen molar-refractivity contribution in [2.45, 2.75) is 77.7 Å². The summed E-state index contributed by atoms with van der Waals surface area (Å²) in [6, 6.07) is 0.881. The second-order valence-corrected chi connectivity index (χ2v) is 9.12. The summed E-state index contributed by atoms with van der Waals surface area (Å²) < 4.78 is 22.5. The Morgan fingerprint density at radius 1 is 0.815 bits per heavy atom. The summed E-state index contributed by atoms with van der Waals surface area (Å²) in [6.07, 6.45) is 10.1. The van der Waals surface area contributed by atoms with Crippen molar-refractivity contribution >= 4 is 14.9 Å². The number of carbonyl (C=O) groups excluding carboxylic acids is 1. The van der Waals surface area contributed by atoms with Crippen LogP contribution >= 0.6 is 0 Å². The molecule has 0 rings (SSSR count). The molecule has 6 nitrogen and oxygen atoms in total. The minimum atomic E-state index is -2.51. The van der Waals surface area contributed by atoms with Crippen molar-refractivity contribution in [2.75, 3.05) is 33.0 Å². The van der Waals surface area contributed by atoms with E-state index in [1.165, 1.54) is 38.5 Å². The number of ether oxygens (including phenoxy) is 1. The van der Waals surface area contributed by atoms with Gasteiger partial charge in [0.25, 0.3) is 0 Å². The summed E-state index contributed by atoms with van der Waals surface area (Å²) in [5, 5.41) is 2.51. The van der Waals surface area contributed by atoms with E-state index in [1.807, 2.05) is 13.8 Å². The zero-order valence-corrected chi connectivity index (χ0v) is 18.6. The van der Waals surface area contributed by atoms with Crippen LogP contribution in [-0.4, -0.2) is 47.9 Å². The maximum atomic E-state index is 11.1. The van der Waals surface area contributed by atoms with Crippen molar-refractivity contribution in [2.24, 2.45) is 0 Å². The number of hydrogen-bond acceptors (Lipinski definition) is 5. The van der Waals surface area contributed by atoms with Gasteiger partial charge in [0.1, 0.15) is 0 Å². The molecule has 0 aliphatic rings. The molecule has 0 aromatic rings. The van der Waals surface area contributed by atoms with Crippen molar-refractivity contribution in [3.8, 4) is 0 Å². The summed E-state index contributed by atoms with van der Waals surface area (Å²) in [6.45, 7) is 13.8. The van der Waals surface area contributed by atoms with Crippen LogP contribution in [0.15, 0.2) is 0 Å². The Morgan fingerprint density at radius 2 is 1.33 bits per heavy atom. The predicted octanol–water partition coefficient (Wildman–Crippen LogP) is 4.92. The highest BCUT2D eigenvalue weighted by Gasteiger charge is 2.39. The van der Waals surface area contributed by atoms with E-state index >= 15 is 0 Å². The van der Waals surface area contributed by atoms with Gasteiger partial charge in [0.15, 0.2) is 0 Å². The van der Waals surface area contributed by atoms with E-state index in [9.17, 15) is 4.79 Å². The van der Waals surface area contributed by atoms with Crippen LogP contribution in [0.1, 0.15) is 71.6 Å². The molecule has 0 bridgehead atoms. The lowest BCUT2D eigenvalue weighted by Gasteiger charge is -2.28. The highest BCUT2D eigenvalue weighted by atomic mass is 28.4. The number of alkyl carbamates (subject to hydrolysis) is 1. The summed E-state index contributed by atoms with van der Waals surface area (Å²) in [7, 11) is -2.51. The maximum absolute atomic E-state index is 11.1. The van der Waals surface area contributed by atoms with Crippen LogP contribution in [0.5, 0.6) is 0 Å². The van der Waals surface area contributed by atoms with Gasteiger partial charge in [-0.3, -0.25) is 0 Å². The number of unbranched alkanes of at least 4 members (excludes halogenated alkanes) is 8. The van der Waals surface area contributed by atoms with Crippen LogP contribution in [0.4, 0.5) is 4.79 Å². The Labute approximate surface area is 168 Å². The molecule has 0 aliphatic carbocycles. The number of rotatable bonds is 19. The molecule has 0 unspecified atom stereocenters. The molecule has 7 heteroatoms. The molecule has 27 heavy (non-hydrogen) atoms. The van der Waals surface area contributed by atoms with Gasteiger partial charge >= 0.3 is 14.9 Å². The van der Waals surface area contributed by atoms with Crippen LogP contribution in [0.2, 0.25) is 6.04 Å². The standard InChI is InChI=1S/C20H41NO5Si/c1-5-21-20(22)23-18-16-14-12-10-9-11-13-15-17-19-27(24-6-2,25-7-3)26-8-4/h1-2,5-19H2,3-4H3,(H,21,22). The zero-order chi connectivity index (χ0) is 20.2. The Balaban J connectivity index is 3.58. The number of nitrogens with one attached hydrogen (secondary N) is 1. The fraction of sp³-hybridized carbons (Fsp3) is 0.850. The first-order chi connectivity index (χ1) is 13.1. The lowest BCUT2D eigenvalue weighted by Crippen LogP contribution is -2.45. The van der Waals surface area contributed by atoms with E-state index < -0.39 is 8.80 Å². The van der Waals surface area contributed by atoms with E-state index in [0.717, 1.165) is 25.3 Å². The molecule has 0 heterocycles. The molecular formula is C20H41NO5Si. The van der Waals surface area contributed by atoms with Gasteiger partial charge in [-0.2, -0.15) is 0 Å². The number of hydrogen-bond donors (Lipinski definition) is 1. The van der Waals surface area contributed by atoms with Gasteiger partial charge in [-0.15, -0.1) is 0 Å². The average Bonchev–Trinajstić information content (AvgIpc) is 2.63. The highest BCUT2D eigenvalue weighted by molar-refractivity contribution is 6.60. The third-order valence-electron chi connectivity index (χ3n) is 4.18. The Hall–Kier alpha value is -0.633. The Kier molecular flexibility index (Phi) is 18.3. The van der Waals surface area contributed by atoms with Crippen LogP contribution in [-0.2, 0) is 18.0 Å². The third-order valence-corrected chi connectivity index (χ3v) is 7.25. The second kappa shape index (κ2) is 18.7. The molecule has 0 saturated heterocycles. The first-order valence-corrected chi connectivity index (χ1v) is 12.5. The molecule has 2 radical (unpaired) electrons. The predicted molar refractivity (Wildman–Crippen MR) is 111 cm³/mol. The molecule has 0 spiro atoms. The number of amides is 1. The maximum Gasteiger partial charge on any atom is 0.500 e. The van der Waals surface area contributed by atoms with E-state index in [2.05, 4.69) is 19.2 Å². The van der Waals surface area contributed by atoms with E-state index in [4.69, 9.17) is 18.0 Å².